The predicted octanol–water partition coefficient (Wildman–Crippen LogP) is 2.07. The van der Waals surface area contributed by atoms with Crippen LogP contribution in [0.15, 0.2) is 24.5 Å². The fourth-order valence-corrected chi connectivity index (χ4v) is 2.26. The molecular formula is C14H18N4O2. The van der Waals surface area contributed by atoms with Crippen molar-refractivity contribution >= 4 is 22.7 Å². The van der Waals surface area contributed by atoms with Gasteiger partial charge in [0.05, 0.1) is 17.3 Å². The van der Waals surface area contributed by atoms with Gasteiger partial charge in [-0.2, -0.15) is 5.10 Å². The molecule has 0 aliphatic carbocycles. The van der Waals surface area contributed by atoms with Gasteiger partial charge in [0.15, 0.2) is 5.65 Å². The van der Waals surface area contributed by atoms with E-state index in [0.29, 0.717) is 24.4 Å². The number of aromatic carboxylic acids is 1. The highest BCUT2D eigenvalue weighted by Gasteiger charge is 2.21. The van der Waals surface area contributed by atoms with Crippen LogP contribution in [0.5, 0.6) is 0 Å². The number of rotatable bonds is 5. The lowest BCUT2D eigenvalue weighted by molar-refractivity contribution is 0.0697. The van der Waals surface area contributed by atoms with Crippen LogP contribution in [0.2, 0.25) is 0 Å². The number of carboxylic acid groups (broad SMARTS) is 1. The minimum Gasteiger partial charge on any atom is -0.478 e. The zero-order valence-corrected chi connectivity index (χ0v) is 11.9. The molecule has 2 aromatic rings. The standard InChI is InChI=1S/C14H18N4O2/c1-5-18(8-9(2)3)12-10-7-16-17(4)13(10)15-6-11(12)14(19)20/h6-7H,2,5,8H2,1,3-4H3,(H,19,20). The van der Waals surface area contributed by atoms with Crippen LogP contribution in [0, 0.1) is 0 Å². The molecule has 0 fully saturated rings. The van der Waals surface area contributed by atoms with Crippen LogP contribution in [0.1, 0.15) is 24.2 Å². The lowest BCUT2D eigenvalue weighted by atomic mass is 10.1. The summed E-state index contributed by atoms with van der Waals surface area (Å²) in [4.78, 5) is 17.6. The van der Waals surface area contributed by atoms with Gasteiger partial charge in [0.1, 0.15) is 5.56 Å². The number of likely N-dealkylation sites (N-methyl/N-ethyl adjacent to an activating group) is 1. The van der Waals surface area contributed by atoms with Crippen LogP contribution in [0.4, 0.5) is 5.69 Å². The summed E-state index contributed by atoms with van der Waals surface area (Å²) in [7, 11) is 1.79. The molecule has 0 unspecified atom stereocenters. The van der Waals surface area contributed by atoms with Gasteiger partial charge < -0.3 is 10.0 Å². The van der Waals surface area contributed by atoms with Gasteiger partial charge in [-0.15, -0.1) is 0 Å². The minimum atomic E-state index is -0.988. The van der Waals surface area contributed by atoms with Crippen LogP contribution < -0.4 is 4.90 Å². The number of fused-ring (bicyclic) bond motifs is 1. The fourth-order valence-electron chi connectivity index (χ4n) is 2.26. The zero-order valence-electron chi connectivity index (χ0n) is 11.9. The molecule has 0 aliphatic heterocycles. The number of aromatic nitrogens is 3. The number of carbonyl (C=O) groups is 1. The number of nitrogens with zero attached hydrogens (tertiary/aromatic N) is 4. The molecule has 0 saturated heterocycles. The van der Waals surface area contributed by atoms with Gasteiger partial charge in [-0.3, -0.25) is 4.68 Å². The Balaban J connectivity index is 2.71. The van der Waals surface area contributed by atoms with E-state index in [9.17, 15) is 9.90 Å². The van der Waals surface area contributed by atoms with E-state index in [2.05, 4.69) is 16.7 Å². The topological polar surface area (TPSA) is 71.2 Å². The number of hydrogen-bond acceptors (Lipinski definition) is 4. The van der Waals surface area contributed by atoms with Crippen molar-refractivity contribution in [3.8, 4) is 0 Å². The molecule has 0 radical (unpaired) electrons. The van der Waals surface area contributed by atoms with Crippen molar-refractivity contribution in [2.75, 3.05) is 18.0 Å². The highest BCUT2D eigenvalue weighted by atomic mass is 16.4. The molecule has 20 heavy (non-hydrogen) atoms. The highest BCUT2D eigenvalue weighted by Crippen LogP contribution is 2.29. The van der Waals surface area contributed by atoms with Crippen molar-refractivity contribution in [2.24, 2.45) is 7.05 Å². The smallest absolute Gasteiger partial charge is 0.339 e. The molecule has 2 heterocycles. The van der Waals surface area contributed by atoms with Gasteiger partial charge in [-0.05, 0) is 13.8 Å². The number of pyridine rings is 1. The molecule has 1 N–H and O–H groups in total. The summed E-state index contributed by atoms with van der Waals surface area (Å²) in [5.41, 5.74) is 2.48. The van der Waals surface area contributed by atoms with E-state index in [-0.39, 0.29) is 5.56 Å². The quantitative estimate of drug-likeness (QED) is 0.845. The van der Waals surface area contributed by atoms with E-state index in [4.69, 9.17) is 0 Å². The van der Waals surface area contributed by atoms with E-state index in [1.165, 1.54) is 6.20 Å². The Bertz CT molecular complexity index is 675. The summed E-state index contributed by atoms with van der Waals surface area (Å²) in [5, 5.41) is 14.3. The third kappa shape index (κ3) is 2.36. The van der Waals surface area contributed by atoms with Gasteiger partial charge in [-0.1, -0.05) is 12.2 Å². The van der Waals surface area contributed by atoms with Crippen molar-refractivity contribution in [1.82, 2.24) is 14.8 Å². The molecule has 0 atom stereocenters. The first-order chi connectivity index (χ1) is 9.45. The van der Waals surface area contributed by atoms with Gasteiger partial charge in [0, 0.05) is 26.3 Å². The van der Waals surface area contributed by atoms with E-state index in [0.717, 1.165) is 11.0 Å². The number of carboxylic acids is 1. The molecule has 2 aromatic heterocycles. The van der Waals surface area contributed by atoms with E-state index in [1.54, 1.807) is 17.9 Å². The zero-order chi connectivity index (χ0) is 14.9. The Hall–Kier alpha value is -2.37. The molecule has 0 aromatic carbocycles. The molecule has 6 heteroatoms. The van der Waals surface area contributed by atoms with Gasteiger partial charge in [0.25, 0.3) is 0 Å². The average Bonchev–Trinajstić information content (AvgIpc) is 2.76. The van der Waals surface area contributed by atoms with Crippen LogP contribution in [-0.4, -0.2) is 38.9 Å². The highest BCUT2D eigenvalue weighted by molar-refractivity contribution is 6.03. The van der Waals surface area contributed by atoms with Gasteiger partial charge >= 0.3 is 5.97 Å². The average molecular weight is 274 g/mol. The van der Waals surface area contributed by atoms with Gasteiger partial charge in [0.2, 0.25) is 0 Å². The summed E-state index contributed by atoms with van der Waals surface area (Å²) >= 11 is 0. The third-order valence-corrected chi connectivity index (χ3v) is 3.12. The summed E-state index contributed by atoms with van der Waals surface area (Å²) in [6, 6.07) is 0. The minimum absolute atomic E-state index is 0.189. The second-order valence-corrected chi connectivity index (χ2v) is 4.80. The van der Waals surface area contributed by atoms with Crippen molar-refractivity contribution in [3.63, 3.8) is 0 Å². The molecule has 0 aliphatic rings. The molecule has 0 bridgehead atoms. The first-order valence-electron chi connectivity index (χ1n) is 6.39. The molecule has 0 amide bonds. The summed E-state index contributed by atoms with van der Waals surface area (Å²) in [5.74, 6) is -0.988. The number of hydrogen-bond donors (Lipinski definition) is 1. The van der Waals surface area contributed by atoms with Crippen molar-refractivity contribution in [2.45, 2.75) is 13.8 Å². The van der Waals surface area contributed by atoms with Crippen molar-refractivity contribution in [3.05, 3.63) is 30.1 Å². The fraction of sp³-hybridized carbons (Fsp3) is 0.357. The molecule has 0 spiro atoms. The largest absolute Gasteiger partial charge is 0.478 e. The molecule has 0 saturated carbocycles. The second kappa shape index (κ2) is 5.32. The molecule has 6 nitrogen and oxygen atoms in total. The Labute approximate surface area is 117 Å². The third-order valence-electron chi connectivity index (χ3n) is 3.12. The SMILES string of the molecule is C=C(C)CN(CC)c1c(C(=O)O)cnc2c1cnn2C. The maximum Gasteiger partial charge on any atom is 0.339 e. The monoisotopic (exact) mass is 274 g/mol. The van der Waals surface area contributed by atoms with E-state index >= 15 is 0 Å². The second-order valence-electron chi connectivity index (χ2n) is 4.80. The maximum absolute atomic E-state index is 11.5. The number of anilines is 1. The summed E-state index contributed by atoms with van der Waals surface area (Å²) < 4.78 is 1.64. The lowest BCUT2D eigenvalue weighted by Crippen LogP contribution is -2.26. The summed E-state index contributed by atoms with van der Waals surface area (Å²) in [6.45, 7) is 9.09. The van der Waals surface area contributed by atoms with Crippen LogP contribution in [0.3, 0.4) is 0 Å². The van der Waals surface area contributed by atoms with Crippen molar-refractivity contribution < 1.29 is 9.90 Å². The Morgan fingerprint density at radius 1 is 1.50 bits per heavy atom. The van der Waals surface area contributed by atoms with Gasteiger partial charge in [-0.25, -0.2) is 9.78 Å². The molecular weight excluding hydrogens is 256 g/mol. The van der Waals surface area contributed by atoms with Crippen molar-refractivity contribution in [1.29, 1.82) is 0 Å². The van der Waals surface area contributed by atoms with E-state index < -0.39 is 5.97 Å². The van der Waals surface area contributed by atoms with Crippen LogP contribution >= 0.6 is 0 Å². The Morgan fingerprint density at radius 2 is 2.20 bits per heavy atom. The normalized spacial score (nSPS) is 10.8. The molecule has 106 valence electrons. The Morgan fingerprint density at radius 3 is 2.75 bits per heavy atom. The lowest BCUT2D eigenvalue weighted by Gasteiger charge is -2.25. The van der Waals surface area contributed by atoms with Crippen LogP contribution in [0.25, 0.3) is 11.0 Å². The number of aryl methyl sites for hydroxylation is 1. The predicted molar refractivity (Wildman–Crippen MR) is 78.2 cm³/mol. The Kier molecular flexibility index (Phi) is 3.74. The first-order valence-corrected chi connectivity index (χ1v) is 6.39. The van der Waals surface area contributed by atoms with Crippen LogP contribution in [-0.2, 0) is 7.05 Å². The van der Waals surface area contributed by atoms with E-state index in [1.807, 2.05) is 18.7 Å². The maximum atomic E-state index is 11.5. The summed E-state index contributed by atoms with van der Waals surface area (Å²) in [6.07, 6.45) is 3.05. The first kappa shape index (κ1) is 14.0. The molecule has 2 rings (SSSR count).